The summed E-state index contributed by atoms with van der Waals surface area (Å²) in [6.07, 6.45) is 1.66. The molecule has 2 saturated heterocycles. The quantitative estimate of drug-likeness (QED) is 0.904. The van der Waals surface area contributed by atoms with Crippen molar-refractivity contribution in [2.45, 2.75) is 18.6 Å². The molecule has 1 spiro atoms. The topological polar surface area (TPSA) is 50.8 Å². The number of rotatable bonds is 3. The maximum Gasteiger partial charge on any atom is 0.238 e. The lowest BCUT2D eigenvalue weighted by Crippen LogP contribution is -2.47. The minimum absolute atomic E-state index is 0.0153. The summed E-state index contributed by atoms with van der Waals surface area (Å²) in [5, 5.41) is 2.91. The first-order valence-electron chi connectivity index (χ1n) is 7.21. The monoisotopic (exact) mass is 354 g/mol. The minimum atomic E-state index is -0.376. The molecule has 3 rings (SSSR count). The highest BCUT2D eigenvalue weighted by molar-refractivity contribution is 9.10. The Balaban J connectivity index is 1.46. The Hall–Kier alpha value is -0.950. The number of carbonyl (C=O) groups is 1. The van der Waals surface area contributed by atoms with Crippen LogP contribution in [0.25, 0.3) is 0 Å². The van der Waals surface area contributed by atoms with E-state index >= 15 is 0 Å². The SMILES string of the molecule is O=C(CN1CCC2(CC1)OCCO2)Nc1ccc(Br)cc1. The molecular formula is C15H19BrN2O3. The molecule has 1 aromatic carbocycles. The van der Waals surface area contributed by atoms with Gasteiger partial charge in [0.2, 0.25) is 5.91 Å². The van der Waals surface area contributed by atoms with Crippen molar-refractivity contribution in [3.63, 3.8) is 0 Å². The van der Waals surface area contributed by atoms with E-state index in [1.807, 2.05) is 24.3 Å². The average Bonchev–Trinajstić information content (AvgIpc) is 2.93. The summed E-state index contributed by atoms with van der Waals surface area (Å²) >= 11 is 3.38. The van der Waals surface area contributed by atoms with Crippen molar-refractivity contribution in [2.75, 3.05) is 38.2 Å². The Bertz CT molecular complexity index is 490. The highest BCUT2D eigenvalue weighted by Crippen LogP contribution is 2.31. The molecule has 0 bridgehead atoms. The Kier molecular flexibility index (Phi) is 4.59. The summed E-state index contributed by atoms with van der Waals surface area (Å²) in [5.41, 5.74) is 0.819. The predicted molar refractivity (Wildman–Crippen MR) is 83.1 cm³/mol. The second kappa shape index (κ2) is 6.44. The van der Waals surface area contributed by atoms with Gasteiger partial charge in [-0.05, 0) is 24.3 Å². The van der Waals surface area contributed by atoms with Gasteiger partial charge >= 0.3 is 0 Å². The smallest absolute Gasteiger partial charge is 0.238 e. The Labute approximate surface area is 132 Å². The van der Waals surface area contributed by atoms with Gasteiger partial charge in [0.15, 0.2) is 5.79 Å². The zero-order valence-electron chi connectivity index (χ0n) is 11.8. The van der Waals surface area contributed by atoms with E-state index in [0.717, 1.165) is 36.1 Å². The molecule has 0 aliphatic carbocycles. The van der Waals surface area contributed by atoms with Crippen molar-refractivity contribution >= 4 is 27.5 Å². The number of hydrogen-bond donors (Lipinski definition) is 1. The number of nitrogens with zero attached hydrogens (tertiary/aromatic N) is 1. The summed E-state index contributed by atoms with van der Waals surface area (Å²) in [6.45, 7) is 3.43. The van der Waals surface area contributed by atoms with Crippen LogP contribution in [0.4, 0.5) is 5.69 Å². The molecule has 2 aliphatic rings. The zero-order valence-corrected chi connectivity index (χ0v) is 13.4. The molecule has 0 aromatic heterocycles. The number of hydrogen-bond acceptors (Lipinski definition) is 4. The fourth-order valence-electron chi connectivity index (χ4n) is 2.77. The van der Waals surface area contributed by atoms with Crippen LogP contribution in [-0.2, 0) is 14.3 Å². The molecule has 1 aromatic rings. The van der Waals surface area contributed by atoms with E-state index < -0.39 is 0 Å². The number of carbonyl (C=O) groups excluding carboxylic acids is 1. The molecule has 114 valence electrons. The van der Waals surface area contributed by atoms with Crippen molar-refractivity contribution in [1.29, 1.82) is 0 Å². The lowest BCUT2D eigenvalue weighted by molar-refractivity contribution is -0.185. The third kappa shape index (κ3) is 3.83. The first-order chi connectivity index (χ1) is 10.2. The van der Waals surface area contributed by atoms with Crippen LogP contribution in [-0.4, -0.2) is 49.4 Å². The third-order valence-electron chi connectivity index (χ3n) is 3.93. The summed E-state index contributed by atoms with van der Waals surface area (Å²) in [6, 6.07) is 7.59. The number of nitrogens with one attached hydrogen (secondary N) is 1. The van der Waals surface area contributed by atoms with Gasteiger partial charge in [0.25, 0.3) is 0 Å². The lowest BCUT2D eigenvalue weighted by atomic mass is 10.0. The van der Waals surface area contributed by atoms with Crippen LogP contribution in [0.2, 0.25) is 0 Å². The summed E-state index contributed by atoms with van der Waals surface area (Å²) < 4.78 is 12.4. The molecule has 0 unspecified atom stereocenters. The predicted octanol–water partition coefficient (Wildman–Crippen LogP) is 2.23. The number of halogens is 1. The fraction of sp³-hybridized carbons (Fsp3) is 0.533. The van der Waals surface area contributed by atoms with Crippen molar-refractivity contribution < 1.29 is 14.3 Å². The van der Waals surface area contributed by atoms with Gasteiger partial charge in [0.1, 0.15) is 0 Å². The van der Waals surface area contributed by atoms with Crippen LogP contribution in [0.5, 0.6) is 0 Å². The molecule has 5 nitrogen and oxygen atoms in total. The maximum absolute atomic E-state index is 12.1. The van der Waals surface area contributed by atoms with Crippen LogP contribution in [0.15, 0.2) is 28.7 Å². The number of amides is 1. The van der Waals surface area contributed by atoms with Gasteiger partial charge in [0.05, 0.1) is 19.8 Å². The van der Waals surface area contributed by atoms with Crippen LogP contribution >= 0.6 is 15.9 Å². The van der Waals surface area contributed by atoms with Gasteiger partial charge in [-0.2, -0.15) is 0 Å². The zero-order chi connectivity index (χ0) is 14.7. The first-order valence-corrected chi connectivity index (χ1v) is 8.00. The first kappa shape index (κ1) is 15.0. The molecule has 0 radical (unpaired) electrons. The van der Waals surface area contributed by atoms with E-state index in [1.165, 1.54) is 0 Å². The summed E-state index contributed by atoms with van der Waals surface area (Å²) in [4.78, 5) is 14.2. The van der Waals surface area contributed by atoms with Crippen LogP contribution < -0.4 is 5.32 Å². The van der Waals surface area contributed by atoms with Crippen molar-refractivity contribution in [2.24, 2.45) is 0 Å². The van der Waals surface area contributed by atoms with E-state index in [0.29, 0.717) is 19.8 Å². The number of piperidine rings is 1. The highest BCUT2D eigenvalue weighted by Gasteiger charge is 2.39. The molecule has 1 N–H and O–H groups in total. The van der Waals surface area contributed by atoms with Gasteiger partial charge in [-0.25, -0.2) is 0 Å². The highest BCUT2D eigenvalue weighted by atomic mass is 79.9. The molecule has 1 amide bonds. The van der Waals surface area contributed by atoms with Crippen molar-refractivity contribution in [3.05, 3.63) is 28.7 Å². The number of anilines is 1. The van der Waals surface area contributed by atoms with Gasteiger partial charge in [0, 0.05) is 36.1 Å². The normalized spacial score (nSPS) is 21.6. The van der Waals surface area contributed by atoms with E-state index in [4.69, 9.17) is 9.47 Å². The van der Waals surface area contributed by atoms with Gasteiger partial charge < -0.3 is 14.8 Å². The largest absolute Gasteiger partial charge is 0.347 e. The van der Waals surface area contributed by atoms with E-state index in [9.17, 15) is 4.79 Å². The lowest BCUT2D eigenvalue weighted by Gasteiger charge is -2.37. The van der Waals surface area contributed by atoms with Crippen LogP contribution in [0.3, 0.4) is 0 Å². The molecule has 2 fully saturated rings. The van der Waals surface area contributed by atoms with Crippen molar-refractivity contribution in [3.8, 4) is 0 Å². The molecule has 0 saturated carbocycles. The maximum atomic E-state index is 12.1. The minimum Gasteiger partial charge on any atom is -0.347 e. The Morgan fingerprint density at radius 3 is 2.43 bits per heavy atom. The summed E-state index contributed by atoms with van der Waals surface area (Å²) in [7, 11) is 0. The fourth-order valence-corrected chi connectivity index (χ4v) is 3.04. The van der Waals surface area contributed by atoms with Gasteiger partial charge in [-0.3, -0.25) is 9.69 Å². The van der Waals surface area contributed by atoms with Crippen LogP contribution in [0, 0.1) is 0 Å². The second-order valence-corrected chi connectivity index (χ2v) is 6.35. The van der Waals surface area contributed by atoms with E-state index in [2.05, 4.69) is 26.1 Å². The molecule has 6 heteroatoms. The Morgan fingerprint density at radius 1 is 1.19 bits per heavy atom. The number of benzene rings is 1. The number of ether oxygens (including phenoxy) is 2. The van der Waals surface area contributed by atoms with Crippen molar-refractivity contribution in [1.82, 2.24) is 4.90 Å². The standard InChI is InChI=1S/C15H19BrN2O3/c16-12-1-3-13(4-2-12)17-14(19)11-18-7-5-15(6-8-18)20-9-10-21-15/h1-4H,5-11H2,(H,17,19). The molecule has 2 heterocycles. The van der Waals surface area contributed by atoms with E-state index in [1.54, 1.807) is 0 Å². The van der Waals surface area contributed by atoms with E-state index in [-0.39, 0.29) is 11.7 Å². The van der Waals surface area contributed by atoms with Crippen LogP contribution in [0.1, 0.15) is 12.8 Å². The molecule has 21 heavy (non-hydrogen) atoms. The summed E-state index contributed by atoms with van der Waals surface area (Å²) in [5.74, 6) is -0.361. The average molecular weight is 355 g/mol. The molecular weight excluding hydrogens is 336 g/mol. The molecule has 2 aliphatic heterocycles. The number of likely N-dealkylation sites (tertiary alicyclic amines) is 1. The second-order valence-electron chi connectivity index (χ2n) is 5.44. The third-order valence-corrected chi connectivity index (χ3v) is 4.46. The Morgan fingerprint density at radius 2 is 1.81 bits per heavy atom. The molecule has 0 atom stereocenters. The van der Waals surface area contributed by atoms with Gasteiger partial charge in [-0.1, -0.05) is 15.9 Å². The van der Waals surface area contributed by atoms with Gasteiger partial charge in [-0.15, -0.1) is 0 Å².